The molecule has 2 heterocycles. The summed E-state index contributed by atoms with van der Waals surface area (Å²) in [6.45, 7) is 2.59. The van der Waals surface area contributed by atoms with E-state index in [0.717, 1.165) is 18.6 Å². The Morgan fingerprint density at radius 1 is 1.16 bits per heavy atom. The number of carbonyl (C=O) groups is 1. The van der Waals surface area contributed by atoms with E-state index < -0.39 is 0 Å². The maximum absolute atomic E-state index is 12.9. The Labute approximate surface area is 189 Å². The highest BCUT2D eigenvalue weighted by molar-refractivity contribution is 6.32. The highest BCUT2D eigenvalue weighted by Crippen LogP contribution is 2.22. The number of benzene rings is 2. The lowest BCUT2D eigenvalue weighted by molar-refractivity contribution is -0.116. The van der Waals surface area contributed by atoms with Crippen molar-refractivity contribution in [2.45, 2.75) is 26.3 Å². The third-order valence-corrected chi connectivity index (χ3v) is 5.17. The van der Waals surface area contributed by atoms with Crippen LogP contribution in [0.15, 0.2) is 65.8 Å². The molecule has 164 valence electrons. The molecule has 4 aromatic rings. The molecule has 0 fully saturated rings. The summed E-state index contributed by atoms with van der Waals surface area (Å²) in [5, 5.41) is 7.82. The van der Waals surface area contributed by atoms with Gasteiger partial charge in [-0.2, -0.15) is 5.10 Å². The molecule has 0 saturated heterocycles. The van der Waals surface area contributed by atoms with Crippen molar-refractivity contribution in [1.29, 1.82) is 0 Å². The van der Waals surface area contributed by atoms with Crippen molar-refractivity contribution >= 4 is 34.2 Å². The van der Waals surface area contributed by atoms with Gasteiger partial charge in [0.25, 0.3) is 5.56 Å². The van der Waals surface area contributed by atoms with Gasteiger partial charge in [0.2, 0.25) is 5.91 Å². The van der Waals surface area contributed by atoms with Crippen LogP contribution in [0, 0.1) is 0 Å². The Kier molecular flexibility index (Phi) is 6.51. The van der Waals surface area contributed by atoms with Crippen LogP contribution in [0.2, 0.25) is 5.02 Å². The van der Waals surface area contributed by atoms with E-state index in [-0.39, 0.29) is 18.0 Å². The molecular formula is C23H22ClN5O3. The smallest absolute Gasteiger partial charge is 0.264 e. The molecule has 0 spiro atoms. The lowest BCUT2D eigenvalue weighted by Crippen LogP contribution is -2.27. The van der Waals surface area contributed by atoms with E-state index in [1.165, 1.54) is 21.8 Å². The Morgan fingerprint density at radius 3 is 2.69 bits per heavy atom. The van der Waals surface area contributed by atoms with Crippen LogP contribution in [0.3, 0.4) is 0 Å². The Hall–Kier alpha value is -3.65. The second kappa shape index (κ2) is 9.65. The standard InChI is InChI=1S/C23H22ClN5O3/c1-2-3-12-32-17-10-8-16(9-11-17)27-21(30)14-28-15-25-22-18(23(28)31)13-26-29(22)20-7-5-4-6-19(20)24/h4-11,13,15H,2-3,12,14H2,1H3,(H,27,30). The van der Waals surface area contributed by atoms with Crippen LogP contribution in [0.4, 0.5) is 5.69 Å². The van der Waals surface area contributed by atoms with Gasteiger partial charge >= 0.3 is 0 Å². The monoisotopic (exact) mass is 451 g/mol. The Bertz CT molecular complexity index is 1300. The van der Waals surface area contributed by atoms with Crippen molar-refractivity contribution in [1.82, 2.24) is 19.3 Å². The molecule has 9 heteroatoms. The van der Waals surface area contributed by atoms with Gasteiger partial charge in [-0.15, -0.1) is 0 Å². The van der Waals surface area contributed by atoms with E-state index in [9.17, 15) is 9.59 Å². The van der Waals surface area contributed by atoms with Crippen LogP contribution < -0.4 is 15.6 Å². The first-order valence-corrected chi connectivity index (χ1v) is 10.7. The predicted octanol–water partition coefficient (Wildman–Crippen LogP) is 4.05. The van der Waals surface area contributed by atoms with Gasteiger partial charge in [-0.1, -0.05) is 37.1 Å². The van der Waals surface area contributed by atoms with E-state index in [1.807, 2.05) is 12.1 Å². The molecule has 2 aromatic heterocycles. The summed E-state index contributed by atoms with van der Waals surface area (Å²) in [4.78, 5) is 29.7. The summed E-state index contributed by atoms with van der Waals surface area (Å²) < 4.78 is 8.37. The Morgan fingerprint density at radius 2 is 1.94 bits per heavy atom. The first kappa shape index (κ1) is 21.6. The number of rotatable bonds is 8. The number of aromatic nitrogens is 4. The maximum Gasteiger partial charge on any atom is 0.264 e. The minimum atomic E-state index is -0.358. The molecule has 1 amide bonds. The van der Waals surface area contributed by atoms with Crippen molar-refractivity contribution in [2.75, 3.05) is 11.9 Å². The second-order valence-electron chi connectivity index (χ2n) is 7.20. The fourth-order valence-electron chi connectivity index (χ4n) is 3.19. The molecule has 0 bridgehead atoms. The van der Waals surface area contributed by atoms with Crippen LogP contribution in [0.25, 0.3) is 16.7 Å². The van der Waals surface area contributed by atoms with Crippen molar-refractivity contribution in [3.63, 3.8) is 0 Å². The topological polar surface area (TPSA) is 91.0 Å². The number of anilines is 1. The highest BCUT2D eigenvalue weighted by Gasteiger charge is 2.14. The third-order valence-electron chi connectivity index (χ3n) is 4.85. The van der Waals surface area contributed by atoms with Gasteiger partial charge in [-0.25, -0.2) is 9.67 Å². The number of para-hydroxylation sites is 1. The zero-order valence-electron chi connectivity index (χ0n) is 17.5. The number of unbranched alkanes of at least 4 members (excludes halogenated alkanes) is 1. The summed E-state index contributed by atoms with van der Waals surface area (Å²) in [5.74, 6) is 0.407. The first-order chi connectivity index (χ1) is 15.6. The van der Waals surface area contributed by atoms with E-state index in [1.54, 1.807) is 36.4 Å². The number of fused-ring (bicyclic) bond motifs is 1. The normalized spacial score (nSPS) is 10.9. The zero-order valence-corrected chi connectivity index (χ0v) is 18.2. The fourth-order valence-corrected chi connectivity index (χ4v) is 3.40. The lowest BCUT2D eigenvalue weighted by Gasteiger charge is -2.09. The van der Waals surface area contributed by atoms with Gasteiger partial charge in [-0.3, -0.25) is 14.2 Å². The number of ether oxygens (including phenoxy) is 1. The van der Waals surface area contributed by atoms with E-state index in [0.29, 0.717) is 34.0 Å². The van der Waals surface area contributed by atoms with Crippen molar-refractivity contribution < 1.29 is 9.53 Å². The summed E-state index contributed by atoms with van der Waals surface area (Å²) in [6, 6.07) is 14.3. The van der Waals surface area contributed by atoms with Gasteiger partial charge in [-0.05, 0) is 42.8 Å². The van der Waals surface area contributed by atoms with Gasteiger partial charge in [0.05, 0.1) is 23.5 Å². The van der Waals surface area contributed by atoms with E-state index in [4.69, 9.17) is 16.3 Å². The zero-order chi connectivity index (χ0) is 22.5. The van der Waals surface area contributed by atoms with E-state index >= 15 is 0 Å². The quantitative estimate of drug-likeness (QED) is 0.408. The summed E-state index contributed by atoms with van der Waals surface area (Å²) in [6.07, 6.45) is 4.82. The SMILES string of the molecule is CCCCOc1ccc(NC(=O)Cn2cnc3c(cnn3-c3ccccc3Cl)c2=O)cc1. The molecule has 0 aliphatic heterocycles. The molecule has 4 rings (SSSR count). The van der Waals surface area contributed by atoms with Crippen LogP contribution in [0.1, 0.15) is 19.8 Å². The van der Waals surface area contributed by atoms with Gasteiger partial charge in [0.15, 0.2) is 5.65 Å². The number of nitrogens with zero attached hydrogens (tertiary/aromatic N) is 4. The van der Waals surface area contributed by atoms with Crippen molar-refractivity contribution in [2.24, 2.45) is 0 Å². The number of hydrogen-bond acceptors (Lipinski definition) is 5. The number of carbonyl (C=O) groups excluding carboxylic acids is 1. The molecule has 1 N–H and O–H groups in total. The molecular weight excluding hydrogens is 430 g/mol. The van der Waals surface area contributed by atoms with Crippen LogP contribution in [-0.4, -0.2) is 31.8 Å². The molecule has 0 unspecified atom stereocenters. The molecule has 0 atom stereocenters. The van der Waals surface area contributed by atoms with Gasteiger partial charge in [0, 0.05) is 5.69 Å². The van der Waals surface area contributed by atoms with Crippen LogP contribution >= 0.6 is 11.6 Å². The molecule has 0 aliphatic rings. The maximum atomic E-state index is 12.9. The van der Waals surface area contributed by atoms with Gasteiger partial charge < -0.3 is 10.1 Å². The van der Waals surface area contributed by atoms with Crippen molar-refractivity contribution in [3.05, 3.63) is 76.4 Å². The largest absolute Gasteiger partial charge is 0.494 e. The Balaban J connectivity index is 1.47. The van der Waals surface area contributed by atoms with Crippen LogP contribution in [0.5, 0.6) is 5.75 Å². The fraction of sp³-hybridized carbons (Fsp3) is 0.217. The number of halogens is 1. The van der Waals surface area contributed by atoms with Gasteiger partial charge in [0.1, 0.15) is 24.0 Å². The number of amides is 1. The molecule has 0 aliphatic carbocycles. The van der Waals surface area contributed by atoms with Crippen LogP contribution in [-0.2, 0) is 11.3 Å². The minimum absolute atomic E-state index is 0.173. The van der Waals surface area contributed by atoms with E-state index in [2.05, 4.69) is 22.3 Å². The predicted molar refractivity (Wildman–Crippen MR) is 124 cm³/mol. The molecule has 2 aromatic carbocycles. The molecule has 0 radical (unpaired) electrons. The minimum Gasteiger partial charge on any atom is -0.494 e. The summed E-state index contributed by atoms with van der Waals surface area (Å²) >= 11 is 6.24. The average Bonchev–Trinajstić information content (AvgIpc) is 3.22. The molecule has 8 nitrogen and oxygen atoms in total. The first-order valence-electron chi connectivity index (χ1n) is 10.3. The third kappa shape index (κ3) is 4.65. The lowest BCUT2D eigenvalue weighted by atomic mass is 10.3. The highest BCUT2D eigenvalue weighted by atomic mass is 35.5. The second-order valence-corrected chi connectivity index (χ2v) is 7.60. The number of hydrogen-bond donors (Lipinski definition) is 1. The molecule has 32 heavy (non-hydrogen) atoms. The molecule has 0 saturated carbocycles. The average molecular weight is 452 g/mol. The number of nitrogens with one attached hydrogen (secondary N) is 1. The van der Waals surface area contributed by atoms with Crippen molar-refractivity contribution in [3.8, 4) is 11.4 Å². The summed E-state index contributed by atoms with van der Waals surface area (Å²) in [5.41, 5.74) is 1.25. The summed E-state index contributed by atoms with van der Waals surface area (Å²) in [7, 11) is 0.